The van der Waals surface area contributed by atoms with Crippen LogP contribution in [0, 0.1) is 0 Å². The summed E-state index contributed by atoms with van der Waals surface area (Å²) < 4.78 is 5.74. The van der Waals surface area contributed by atoms with Gasteiger partial charge in [-0.05, 0) is 50.5 Å². The zero-order valence-electron chi connectivity index (χ0n) is 13.4. The first-order valence-corrected chi connectivity index (χ1v) is 8.01. The van der Waals surface area contributed by atoms with Crippen molar-refractivity contribution >= 4 is 5.97 Å². The smallest absolute Gasteiger partial charge is 0.324 e. The number of benzene rings is 1. The molecular weight excluding hydrogens is 286 g/mol. The lowest BCUT2D eigenvalue weighted by atomic mass is 9.59. The molecule has 116 valence electrons. The fourth-order valence-electron chi connectivity index (χ4n) is 3.99. The van der Waals surface area contributed by atoms with Crippen LogP contribution in [0.3, 0.4) is 0 Å². The van der Waals surface area contributed by atoms with Crippen LogP contribution in [0.1, 0.15) is 43.9 Å². The topological polar surface area (TPSA) is 39.2 Å². The molecule has 0 radical (unpaired) electrons. The van der Waals surface area contributed by atoms with E-state index in [-0.39, 0.29) is 11.9 Å². The van der Waals surface area contributed by atoms with Crippen molar-refractivity contribution in [3.05, 3.63) is 71.1 Å². The van der Waals surface area contributed by atoms with Gasteiger partial charge in [0.2, 0.25) is 0 Å². The van der Waals surface area contributed by atoms with Gasteiger partial charge in [0, 0.05) is 12.1 Å². The number of carbonyl (C=O) groups excluding carboxylic acids is 1. The van der Waals surface area contributed by atoms with E-state index in [0.717, 1.165) is 17.7 Å². The van der Waals surface area contributed by atoms with Gasteiger partial charge in [0.05, 0.1) is 5.69 Å². The van der Waals surface area contributed by atoms with Gasteiger partial charge >= 0.3 is 5.97 Å². The van der Waals surface area contributed by atoms with Crippen molar-refractivity contribution in [1.29, 1.82) is 0 Å². The maximum absolute atomic E-state index is 13.1. The lowest BCUT2D eigenvalue weighted by Crippen LogP contribution is -2.50. The maximum atomic E-state index is 13.1. The molecule has 1 aliphatic carbocycles. The first-order chi connectivity index (χ1) is 11.1. The standard InChI is InChI=1S/C20H19NO2/c1-13-11-16-15-7-3-4-8-17(15)23-19(22)20(16,12-14(13)2)18-9-5-6-10-21-18/h3-10,16H,11-12H2,1-2H3/t16-,20-/m0/s1. The number of esters is 1. The van der Waals surface area contributed by atoms with E-state index in [1.807, 2.05) is 36.4 Å². The molecule has 3 nitrogen and oxygen atoms in total. The maximum Gasteiger partial charge on any atom is 0.324 e. The first kappa shape index (κ1) is 14.2. The average Bonchev–Trinajstić information content (AvgIpc) is 2.58. The molecule has 2 aliphatic rings. The minimum atomic E-state index is -0.709. The predicted molar refractivity (Wildman–Crippen MR) is 88.3 cm³/mol. The number of rotatable bonds is 1. The van der Waals surface area contributed by atoms with E-state index in [4.69, 9.17) is 4.74 Å². The quantitative estimate of drug-likeness (QED) is 0.451. The second-order valence-corrected chi connectivity index (χ2v) is 6.61. The largest absolute Gasteiger partial charge is 0.425 e. The van der Waals surface area contributed by atoms with Crippen LogP contribution in [0.2, 0.25) is 0 Å². The SMILES string of the molecule is CC1=C(C)C[C@]2(c3ccccn3)C(=O)Oc3ccccc3[C@@H]2C1. The number of pyridine rings is 1. The van der Waals surface area contributed by atoms with Crippen LogP contribution in [-0.2, 0) is 10.2 Å². The summed E-state index contributed by atoms with van der Waals surface area (Å²) in [5, 5.41) is 0. The van der Waals surface area contributed by atoms with Gasteiger partial charge in [-0.3, -0.25) is 9.78 Å². The van der Waals surface area contributed by atoms with Crippen LogP contribution in [0.4, 0.5) is 0 Å². The summed E-state index contributed by atoms with van der Waals surface area (Å²) in [6.45, 7) is 4.28. The minimum absolute atomic E-state index is 0.0820. The molecule has 0 fully saturated rings. The molecule has 2 aromatic rings. The molecule has 1 aromatic heterocycles. The van der Waals surface area contributed by atoms with E-state index in [1.165, 1.54) is 11.1 Å². The summed E-state index contributed by atoms with van der Waals surface area (Å²) in [4.78, 5) is 17.6. The lowest BCUT2D eigenvalue weighted by Gasteiger charge is -2.45. The molecule has 0 saturated carbocycles. The van der Waals surface area contributed by atoms with E-state index in [9.17, 15) is 4.79 Å². The second-order valence-electron chi connectivity index (χ2n) is 6.61. The predicted octanol–water partition coefficient (Wildman–Crippen LogP) is 4.15. The Balaban J connectivity index is 1.99. The van der Waals surface area contributed by atoms with Gasteiger partial charge in [-0.2, -0.15) is 0 Å². The lowest BCUT2D eigenvalue weighted by molar-refractivity contribution is -0.144. The number of aromatic nitrogens is 1. The van der Waals surface area contributed by atoms with Gasteiger partial charge < -0.3 is 4.74 Å². The van der Waals surface area contributed by atoms with E-state index in [1.54, 1.807) is 6.20 Å². The van der Waals surface area contributed by atoms with Crippen LogP contribution in [0.15, 0.2) is 59.8 Å². The van der Waals surface area contributed by atoms with Gasteiger partial charge in [-0.25, -0.2) is 0 Å². The van der Waals surface area contributed by atoms with E-state index >= 15 is 0 Å². The zero-order valence-corrected chi connectivity index (χ0v) is 13.4. The summed E-state index contributed by atoms with van der Waals surface area (Å²) in [5.41, 5.74) is 3.86. The minimum Gasteiger partial charge on any atom is -0.425 e. The third kappa shape index (κ3) is 1.96. The monoisotopic (exact) mass is 305 g/mol. The van der Waals surface area contributed by atoms with Crippen LogP contribution >= 0.6 is 0 Å². The van der Waals surface area contributed by atoms with Gasteiger partial charge in [-0.15, -0.1) is 0 Å². The number of hydrogen-bond donors (Lipinski definition) is 0. The average molecular weight is 305 g/mol. The summed E-state index contributed by atoms with van der Waals surface area (Å²) in [6, 6.07) is 13.7. The van der Waals surface area contributed by atoms with Crippen LogP contribution in [-0.4, -0.2) is 11.0 Å². The van der Waals surface area contributed by atoms with Crippen LogP contribution < -0.4 is 4.74 Å². The van der Waals surface area contributed by atoms with E-state index < -0.39 is 5.41 Å². The molecule has 0 bridgehead atoms. The van der Waals surface area contributed by atoms with Crippen molar-refractivity contribution in [3.8, 4) is 5.75 Å². The number of para-hydroxylation sites is 1. The fraction of sp³-hybridized carbons (Fsp3) is 0.300. The molecular formula is C20H19NO2. The van der Waals surface area contributed by atoms with E-state index in [2.05, 4.69) is 24.9 Å². The summed E-state index contributed by atoms with van der Waals surface area (Å²) in [5.74, 6) is 0.603. The Hall–Kier alpha value is -2.42. The third-order valence-corrected chi connectivity index (χ3v) is 5.36. The number of hydrogen-bond acceptors (Lipinski definition) is 3. The molecule has 23 heavy (non-hydrogen) atoms. The molecule has 1 aromatic carbocycles. The highest BCUT2D eigenvalue weighted by atomic mass is 16.5. The Morgan fingerprint density at radius 2 is 1.87 bits per heavy atom. The molecule has 3 heteroatoms. The summed E-state index contributed by atoms with van der Waals surface area (Å²) >= 11 is 0. The summed E-state index contributed by atoms with van der Waals surface area (Å²) in [7, 11) is 0. The third-order valence-electron chi connectivity index (χ3n) is 5.36. The highest BCUT2D eigenvalue weighted by molar-refractivity contribution is 5.89. The Morgan fingerprint density at radius 3 is 2.65 bits per heavy atom. The van der Waals surface area contributed by atoms with Crippen molar-refractivity contribution in [2.45, 2.75) is 38.0 Å². The molecule has 0 N–H and O–H groups in total. The van der Waals surface area contributed by atoms with Crippen molar-refractivity contribution in [1.82, 2.24) is 4.98 Å². The number of allylic oxidation sites excluding steroid dienone is 2. The Bertz CT molecular complexity index is 809. The first-order valence-electron chi connectivity index (χ1n) is 8.01. The molecule has 2 heterocycles. The Kier molecular flexibility index (Phi) is 3.12. The van der Waals surface area contributed by atoms with Gasteiger partial charge in [-0.1, -0.05) is 35.4 Å². The molecule has 0 unspecified atom stereocenters. The summed E-state index contributed by atoms with van der Waals surface area (Å²) in [6.07, 6.45) is 3.30. The fourth-order valence-corrected chi connectivity index (χ4v) is 3.99. The second kappa shape index (κ2) is 5.05. The van der Waals surface area contributed by atoms with Gasteiger partial charge in [0.15, 0.2) is 0 Å². The zero-order chi connectivity index (χ0) is 16.0. The molecule has 0 amide bonds. The highest BCUT2D eigenvalue weighted by Gasteiger charge is 2.55. The van der Waals surface area contributed by atoms with Gasteiger partial charge in [0.25, 0.3) is 0 Å². The number of nitrogens with zero attached hydrogens (tertiary/aromatic N) is 1. The van der Waals surface area contributed by atoms with Gasteiger partial charge in [0.1, 0.15) is 11.2 Å². The number of fused-ring (bicyclic) bond motifs is 3. The van der Waals surface area contributed by atoms with Crippen molar-refractivity contribution in [2.24, 2.45) is 0 Å². The van der Waals surface area contributed by atoms with E-state index in [0.29, 0.717) is 12.2 Å². The van der Waals surface area contributed by atoms with Crippen molar-refractivity contribution < 1.29 is 9.53 Å². The van der Waals surface area contributed by atoms with Crippen LogP contribution in [0.5, 0.6) is 5.75 Å². The molecule has 2 atom stereocenters. The molecule has 4 rings (SSSR count). The van der Waals surface area contributed by atoms with Crippen molar-refractivity contribution in [2.75, 3.05) is 0 Å². The molecule has 0 saturated heterocycles. The van der Waals surface area contributed by atoms with Crippen LogP contribution in [0.25, 0.3) is 0 Å². The Morgan fingerprint density at radius 1 is 1.09 bits per heavy atom. The normalized spacial score (nSPS) is 26.3. The highest BCUT2D eigenvalue weighted by Crippen LogP contribution is 2.55. The molecule has 0 spiro atoms. The molecule has 1 aliphatic heterocycles. The number of carbonyl (C=O) groups is 1. The van der Waals surface area contributed by atoms with Crippen molar-refractivity contribution in [3.63, 3.8) is 0 Å². The Labute approximate surface area is 136 Å². The number of ether oxygens (including phenoxy) is 1.